The Bertz CT molecular complexity index is 947. The van der Waals surface area contributed by atoms with Crippen LogP contribution >= 0.6 is 12.2 Å². The normalized spacial score (nSPS) is 11.3. The third-order valence-corrected chi connectivity index (χ3v) is 5.73. The molecule has 0 spiro atoms. The summed E-state index contributed by atoms with van der Waals surface area (Å²) in [4.78, 5) is 0.0310. The fraction of sp³-hybridized carbons (Fsp3) is 0.278. The van der Waals surface area contributed by atoms with Crippen LogP contribution in [0.25, 0.3) is 0 Å². The van der Waals surface area contributed by atoms with E-state index in [4.69, 9.17) is 17.0 Å². The van der Waals surface area contributed by atoms with Gasteiger partial charge in [0.05, 0.1) is 6.61 Å². The van der Waals surface area contributed by atoms with Gasteiger partial charge in [-0.25, -0.2) is 17.1 Å². The molecule has 0 heterocycles. The van der Waals surface area contributed by atoms with Gasteiger partial charge in [0.1, 0.15) is 16.5 Å². The molecule has 2 rings (SSSR count). The van der Waals surface area contributed by atoms with Crippen LogP contribution in [0.5, 0.6) is 5.75 Å². The Labute approximate surface area is 164 Å². The van der Waals surface area contributed by atoms with E-state index in [1.165, 1.54) is 26.2 Å². The number of nitrogens with one attached hydrogen (secondary N) is 2. The van der Waals surface area contributed by atoms with Gasteiger partial charge in [0.15, 0.2) is 5.11 Å². The summed E-state index contributed by atoms with van der Waals surface area (Å²) in [5, 5.41) is 5.98. The summed E-state index contributed by atoms with van der Waals surface area (Å²) >= 11 is 5.23. The number of anilines is 2. The first kappa shape index (κ1) is 21.1. The Kier molecular flexibility index (Phi) is 6.74. The first-order valence-corrected chi connectivity index (χ1v) is 10.0. The van der Waals surface area contributed by atoms with Crippen molar-refractivity contribution in [3.63, 3.8) is 0 Å². The van der Waals surface area contributed by atoms with Crippen molar-refractivity contribution in [3.8, 4) is 5.75 Å². The molecule has 2 aromatic rings. The van der Waals surface area contributed by atoms with Gasteiger partial charge in [-0.2, -0.15) is 0 Å². The standard InChI is InChI=1S/C18H22FN3O3S2/c1-5-25-16-9-8-14(11-17(16)27(23,24)22(3)4)21-18(26)20-13-7-6-12(2)15(19)10-13/h6-11H,5H2,1-4H3,(H2,20,21,26). The smallest absolute Gasteiger partial charge is 0.246 e. The molecule has 0 aliphatic carbocycles. The zero-order valence-electron chi connectivity index (χ0n) is 15.5. The summed E-state index contributed by atoms with van der Waals surface area (Å²) < 4.78 is 45.3. The van der Waals surface area contributed by atoms with Crippen LogP contribution in [-0.2, 0) is 10.0 Å². The van der Waals surface area contributed by atoms with Gasteiger partial charge in [0.2, 0.25) is 10.0 Å². The summed E-state index contributed by atoms with van der Waals surface area (Å²) in [5.74, 6) is -0.0838. The van der Waals surface area contributed by atoms with Crippen molar-refractivity contribution in [2.24, 2.45) is 0 Å². The Balaban J connectivity index is 2.25. The molecule has 0 saturated heterocycles. The molecular weight excluding hydrogens is 389 g/mol. The molecule has 27 heavy (non-hydrogen) atoms. The van der Waals surface area contributed by atoms with Gasteiger partial charge in [-0.1, -0.05) is 6.07 Å². The van der Waals surface area contributed by atoms with Crippen molar-refractivity contribution in [1.29, 1.82) is 0 Å². The maximum absolute atomic E-state index is 13.6. The summed E-state index contributed by atoms with van der Waals surface area (Å²) in [6.45, 7) is 3.78. The highest BCUT2D eigenvalue weighted by atomic mass is 32.2. The quantitative estimate of drug-likeness (QED) is 0.708. The predicted molar refractivity (Wildman–Crippen MR) is 109 cm³/mol. The van der Waals surface area contributed by atoms with Gasteiger partial charge >= 0.3 is 0 Å². The third kappa shape index (κ3) is 5.15. The second-order valence-electron chi connectivity index (χ2n) is 5.93. The Morgan fingerprint density at radius 3 is 2.30 bits per heavy atom. The van der Waals surface area contributed by atoms with Gasteiger partial charge < -0.3 is 15.4 Å². The molecule has 2 aromatic carbocycles. The lowest BCUT2D eigenvalue weighted by molar-refractivity contribution is 0.330. The minimum atomic E-state index is -3.70. The second kappa shape index (κ2) is 8.64. The number of ether oxygens (including phenoxy) is 1. The highest BCUT2D eigenvalue weighted by molar-refractivity contribution is 7.89. The van der Waals surface area contributed by atoms with Crippen molar-refractivity contribution in [2.75, 3.05) is 31.3 Å². The number of hydrogen-bond acceptors (Lipinski definition) is 4. The summed E-state index contributed by atoms with van der Waals surface area (Å²) in [7, 11) is -0.807. The number of aryl methyl sites for hydroxylation is 1. The van der Waals surface area contributed by atoms with E-state index in [0.29, 0.717) is 23.5 Å². The molecule has 0 fully saturated rings. The fourth-order valence-electron chi connectivity index (χ4n) is 2.22. The average Bonchev–Trinajstić information content (AvgIpc) is 2.59. The first-order chi connectivity index (χ1) is 12.6. The third-order valence-electron chi connectivity index (χ3n) is 3.69. The molecule has 0 aliphatic rings. The molecule has 0 radical (unpaired) electrons. The lowest BCUT2D eigenvalue weighted by Crippen LogP contribution is -2.24. The molecule has 2 N–H and O–H groups in total. The van der Waals surface area contributed by atoms with Gasteiger partial charge in [0.25, 0.3) is 0 Å². The largest absolute Gasteiger partial charge is 0.492 e. The minimum Gasteiger partial charge on any atom is -0.492 e. The van der Waals surface area contributed by atoms with E-state index < -0.39 is 10.0 Å². The van der Waals surface area contributed by atoms with E-state index in [2.05, 4.69) is 10.6 Å². The van der Waals surface area contributed by atoms with E-state index >= 15 is 0 Å². The molecule has 0 aliphatic heterocycles. The number of halogens is 1. The molecule has 6 nitrogen and oxygen atoms in total. The molecule has 0 atom stereocenters. The molecule has 0 unspecified atom stereocenters. The van der Waals surface area contributed by atoms with Crippen molar-refractivity contribution in [3.05, 3.63) is 47.8 Å². The van der Waals surface area contributed by atoms with Crippen LogP contribution in [0.3, 0.4) is 0 Å². The fourth-order valence-corrected chi connectivity index (χ4v) is 3.51. The average molecular weight is 412 g/mol. The molecule has 0 saturated carbocycles. The van der Waals surface area contributed by atoms with Crippen molar-refractivity contribution >= 4 is 38.7 Å². The predicted octanol–water partition coefficient (Wildman–Crippen LogP) is 3.59. The van der Waals surface area contributed by atoms with E-state index in [-0.39, 0.29) is 21.6 Å². The number of benzene rings is 2. The van der Waals surface area contributed by atoms with E-state index in [9.17, 15) is 12.8 Å². The van der Waals surface area contributed by atoms with Crippen LogP contribution in [0.1, 0.15) is 12.5 Å². The lowest BCUT2D eigenvalue weighted by atomic mass is 10.2. The SMILES string of the molecule is CCOc1ccc(NC(=S)Nc2ccc(C)c(F)c2)cc1S(=O)(=O)N(C)C. The monoisotopic (exact) mass is 411 g/mol. The lowest BCUT2D eigenvalue weighted by Gasteiger charge is -2.17. The molecule has 0 aromatic heterocycles. The number of rotatable bonds is 6. The van der Waals surface area contributed by atoms with Gasteiger partial charge in [-0.3, -0.25) is 0 Å². The zero-order chi connectivity index (χ0) is 20.2. The summed E-state index contributed by atoms with van der Waals surface area (Å²) in [6.07, 6.45) is 0. The van der Waals surface area contributed by atoms with Gasteiger partial charge in [-0.15, -0.1) is 0 Å². The Hall–Kier alpha value is -2.23. The maximum atomic E-state index is 13.6. The molecule has 0 amide bonds. The topological polar surface area (TPSA) is 70.7 Å². The van der Waals surface area contributed by atoms with Gasteiger partial charge in [0, 0.05) is 25.5 Å². The molecule has 146 valence electrons. The van der Waals surface area contributed by atoms with Crippen LogP contribution in [0.2, 0.25) is 0 Å². The van der Waals surface area contributed by atoms with Crippen LogP contribution < -0.4 is 15.4 Å². The van der Waals surface area contributed by atoms with Crippen LogP contribution in [-0.4, -0.2) is 38.5 Å². The second-order valence-corrected chi connectivity index (χ2v) is 8.45. The molecule has 9 heteroatoms. The van der Waals surface area contributed by atoms with Crippen LogP contribution in [0.4, 0.5) is 15.8 Å². The minimum absolute atomic E-state index is 0.0310. The van der Waals surface area contributed by atoms with E-state index in [0.717, 1.165) is 4.31 Å². The van der Waals surface area contributed by atoms with Crippen LogP contribution in [0.15, 0.2) is 41.3 Å². The highest BCUT2D eigenvalue weighted by Gasteiger charge is 2.23. The number of hydrogen-bond donors (Lipinski definition) is 2. The molecular formula is C18H22FN3O3S2. The number of sulfonamides is 1. The zero-order valence-corrected chi connectivity index (χ0v) is 17.2. The number of thiocarbonyl (C=S) groups is 1. The van der Waals surface area contributed by atoms with Crippen molar-refractivity contribution in [1.82, 2.24) is 4.31 Å². The Morgan fingerprint density at radius 2 is 1.74 bits per heavy atom. The van der Waals surface area contributed by atoms with Crippen molar-refractivity contribution < 1.29 is 17.5 Å². The maximum Gasteiger partial charge on any atom is 0.246 e. The number of nitrogens with zero attached hydrogens (tertiary/aromatic N) is 1. The Morgan fingerprint density at radius 1 is 1.15 bits per heavy atom. The van der Waals surface area contributed by atoms with E-state index in [1.807, 2.05) is 0 Å². The van der Waals surface area contributed by atoms with Gasteiger partial charge in [-0.05, 0) is 62.0 Å². The summed E-state index contributed by atoms with van der Waals surface area (Å²) in [6, 6.07) is 9.35. The van der Waals surface area contributed by atoms with Crippen molar-refractivity contribution in [2.45, 2.75) is 18.7 Å². The van der Waals surface area contributed by atoms with Crippen LogP contribution in [0, 0.1) is 12.7 Å². The summed E-state index contributed by atoms with van der Waals surface area (Å²) in [5.41, 5.74) is 1.48. The highest BCUT2D eigenvalue weighted by Crippen LogP contribution is 2.29. The molecule has 0 bridgehead atoms. The van der Waals surface area contributed by atoms with E-state index in [1.54, 1.807) is 38.1 Å². The first-order valence-electron chi connectivity index (χ1n) is 8.18.